The number of anilines is 1. The van der Waals surface area contributed by atoms with Gasteiger partial charge in [-0.15, -0.1) is 0 Å². The Morgan fingerprint density at radius 1 is 0.822 bits per heavy atom. The van der Waals surface area contributed by atoms with Crippen molar-refractivity contribution in [2.24, 2.45) is 5.92 Å². The smallest absolute Gasteiger partial charge is 0.264 e. The maximum atomic E-state index is 14.5. The van der Waals surface area contributed by atoms with Crippen LogP contribution in [0.3, 0.4) is 0 Å². The molecular formula is C34H34Cl2IN3O4S. The van der Waals surface area contributed by atoms with E-state index in [-0.39, 0.29) is 29.7 Å². The van der Waals surface area contributed by atoms with Gasteiger partial charge in [0.25, 0.3) is 10.0 Å². The lowest BCUT2D eigenvalue weighted by molar-refractivity contribution is -0.140. The SMILES string of the molecule is CC(C)CNC(=O)[C@H](Cc1ccccc1)N(Cc1c(Cl)cccc1Cl)C(=O)CN(c1ccc(I)cc1)S(=O)(=O)c1ccccc1. The van der Waals surface area contributed by atoms with E-state index in [2.05, 4.69) is 27.9 Å². The monoisotopic (exact) mass is 777 g/mol. The Kier molecular flexibility index (Phi) is 12.3. The van der Waals surface area contributed by atoms with Crippen molar-refractivity contribution < 1.29 is 18.0 Å². The molecule has 0 heterocycles. The van der Waals surface area contributed by atoms with Crippen molar-refractivity contribution in [3.05, 3.63) is 128 Å². The lowest BCUT2D eigenvalue weighted by Gasteiger charge is -2.34. The van der Waals surface area contributed by atoms with Crippen LogP contribution < -0.4 is 9.62 Å². The molecule has 4 aromatic carbocycles. The lowest BCUT2D eigenvalue weighted by Crippen LogP contribution is -2.53. The first-order valence-corrected chi connectivity index (χ1v) is 17.6. The average Bonchev–Trinajstić information content (AvgIpc) is 3.03. The number of nitrogens with one attached hydrogen (secondary N) is 1. The molecule has 11 heteroatoms. The summed E-state index contributed by atoms with van der Waals surface area (Å²) in [6.45, 7) is 3.67. The number of benzene rings is 4. The van der Waals surface area contributed by atoms with Crippen molar-refractivity contribution in [3.8, 4) is 0 Å². The first-order valence-electron chi connectivity index (χ1n) is 14.3. The normalized spacial score (nSPS) is 12.0. The van der Waals surface area contributed by atoms with Gasteiger partial charge in [0, 0.05) is 38.7 Å². The molecule has 0 unspecified atom stereocenters. The summed E-state index contributed by atoms with van der Waals surface area (Å²) in [5, 5.41) is 3.62. The molecule has 0 aliphatic heterocycles. The molecule has 0 bridgehead atoms. The van der Waals surface area contributed by atoms with Gasteiger partial charge in [0.05, 0.1) is 10.6 Å². The van der Waals surface area contributed by atoms with E-state index < -0.39 is 28.5 Å². The van der Waals surface area contributed by atoms with Gasteiger partial charge in [0.15, 0.2) is 0 Å². The Labute approximate surface area is 288 Å². The Morgan fingerprint density at radius 3 is 1.98 bits per heavy atom. The molecule has 1 N–H and O–H groups in total. The third-order valence-corrected chi connectivity index (χ3v) is 10.3. The molecule has 2 amide bonds. The molecule has 0 aliphatic rings. The third-order valence-electron chi connectivity index (χ3n) is 7.07. The van der Waals surface area contributed by atoms with Crippen LogP contribution in [-0.4, -0.2) is 44.3 Å². The van der Waals surface area contributed by atoms with Crippen LogP contribution in [0.4, 0.5) is 5.69 Å². The molecule has 0 saturated carbocycles. The van der Waals surface area contributed by atoms with E-state index in [9.17, 15) is 18.0 Å². The van der Waals surface area contributed by atoms with E-state index >= 15 is 0 Å². The van der Waals surface area contributed by atoms with E-state index in [0.29, 0.717) is 27.8 Å². The second-order valence-electron chi connectivity index (χ2n) is 10.9. The number of halogens is 3. The maximum Gasteiger partial charge on any atom is 0.264 e. The van der Waals surface area contributed by atoms with Crippen LogP contribution in [0.25, 0.3) is 0 Å². The Hall–Kier alpha value is -3.12. The highest BCUT2D eigenvalue weighted by molar-refractivity contribution is 14.1. The van der Waals surface area contributed by atoms with Crippen molar-refractivity contribution in [2.75, 3.05) is 17.4 Å². The maximum absolute atomic E-state index is 14.5. The molecule has 0 saturated heterocycles. The highest BCUT2D eigenvalue weighted by Gasteiger charge is 2.35. The van der Waals surface area contributed by atoms with Crippen LogP contribution in [-0.2, 0) is 32.6 Å². The molecule has 45 heavy (non-hydrogen) atoms. The number of nitrogens with zero attached hydrogens (tertiary/aromatic N) is 2. The van der Waals surface area contributed by atoms with Crippen LogP contribution in [0, 0.1) is 9.49 Å². The van der Waals surface area contributed by atoms with Gasteiger partial charge in [-0.2, -0.15) is 0 Å². The summed E-state index contributed by atoms with van der Waals surface area (Å²) < 4.78 is 30.1. The molecule has 0 aliphatic carbocycles. The minimum Gasteiger partial charge on any atom is -0.354 e. The first-order chi connectivity index (χ1) is 21.5. The van der Waals surface area contributed by atoms with Gasteiger partial charge in [0.1, 0.15) is 12.6 Å². The van der Waals surface area contributed by atoms with Crippen LogP contribution in [0.5, 0.6) is 0 Å². The summed E-state index contributed by atoms with van der Waals surface area (Å²) in [4.78, 5) is 29.8. The first kappa shape index (κ1) is 34.7. The molecule has 0 fully saturated rings. The second kappa shape index (κ2) is 15.9. The van der Waals surface area contributed by atoms with E-state index in [4.69, 9.17) is 23.2 Å². The van der Waals surface area contributed by atoms with E-state index in [1.165, 1.54) is 17.0 Å². The number of carbonyl (C=O) groups excluding carboxylic acids is 2. The zero-order valence-electron chi connectivity index (χ0n) is 24.9. The van der Waals surface area contributed by atoms with Gasteiger partial charge < -0.3 is 10.2 Å². The van der Waals surface area contributed by atoms with Crippen molar-refractivity contribution in [3.63, 3.8) is 0 Å². The Bertz CT molecular complexity index is 1690. The van der Waals surface area contributed by atoms with Crippen LogP contribution in [0.2, 0.25) is 10.0 Å². The second-order valence-corrected chi connectivity index (χ2v) is 14.8. The van der Waals surface area contributed by atoms with Gasteiger partial charge in [-0.25, -0.2) is 8.42 Å². The number of amides is 2. The van der Waals surface area contributed by atoms with Crippen molar-refractivity contribution in [2.45, 2.75) is 37.8 Å². The zero-order valence-corrected chi connectivity index (χ0v) is 29.4. The molecular weight excluding hydrogens is 744 g/mol. The summed E-state index contributed by atoms with van der Waals surface area (Å²) >= 11 is 15.3. The largest absolute Gasteiger partial charge is 0.354 e. The van der Waals surface area contributed by atoms with Crippen molar-refractivity contribution >= 4 is 73.3 Å². The quantitative estimate of drug-likeness (QED) is 0.146. The van der Waals surface area contributed by atoms with Gasteiger partial charge >= 0.3 is 0 Å². The lowest BCUT2D eigenvalue weighted by atomic mass is 10.0. The summed E-state index contributed by atoms with van der Waals surface area (Å²) in [6, 6.07) is 28.2. The van der Waals surface area contributed by atoms with E-state index in [1.807, 2.05) is 44.2 Å². The summed E-state index contributed by atoms with van der Waals surface area (Å²) in [5.41, 5.74) is 1.60. The predicted molar refractivity (Wildman–Crippen MR) is 189 cm³/mol. The van der Waals surface area contributed by atoms with Crippen LogP contribution in [0.1, 0.15) is 25.0 Å². The van der Waals surface area contributed by atoms with Gasteiger partial charge in [-0.3, -0.25) is 13.9 Å². The zero-order chi connectivity index (χ0) is 32.6. The number of hydrogen-bond acceptors (Lipinski definition) is 4. The fourth-order valence-electron chi connectivity index (χ4n) is 4.69. The Morgan fingerprint density at radius 2 is 1.40 bits per heavy atom. The Balaban J connectivity index is 1.82. The summed E-state index contributed by atoms with van der Waals surface area (Å²) in [7, 11) is -4.18. The van der Waals surface area contributed by atoms with E-state index in [1.54, 1.807) is 60.7 Å². The number of hydrogen-bond donors (Lipinski definition) is 1. The molecule has 4 aromatic rings. The molecule has 7 nitrogen and oxygen atoms in total. The number of carbonyl (C=O) groups is 2. The fraction of sp³-hybridized carbons (Fsp3) is 0.235. The summed E-state index contributed by atoms with van der Waals surface area (Å²) in [5.74, 6) is -0.790. The highest BCUT2D eigenvalue weighted by Crippen LogP contribution is 2.29. The molecule has 0 spiro atoms. The summed E-state index contributed by atoms with van der Waals surface area (Å²) in [6.07, 6.45) is 0.188. The van der Waals surface area contributed by atoms with Crippen molar-refractivity contribution in [1.29, 1.82) is 0 Å². The fourth-order valence-corrected chi connectivity index (χ4v) is 7.00. The molecule has 1 atom stereocenters. The van der Waals surface area contributed by atoms with E-state index in [0.717, 1.165) is 13.4 Å². The topological polar surface area (TPSA) is 86.8 Å². The van der Waals surface area contributed by atoms with Crippen LogP contribution in [0.15, 0.2) is 108 Å². The average molecular weight is 779 g/mol. The van der Waals surface area contributed by atoms with Crippen molar-refractivity contribution in [1.82, 2.24) is 10.2 Å². The molecule has 236 valence electrons. The molecule has 0 aromatic heterocycles. The predicted octanol–water partition coefficient (Wildman–Crippen LogP) is 7.21. The molecule has 0 radical (unpaired) electrons. The minimum atomic E-state index is -4.18. The number of rotatable bonds is 13. The standard InChI is InChI=1S/C34H34Cl2IN3O4S/c1-24(2)21-38-34(42)32(20-25-10-5-3-6-11-25)39(22-29-30(35)14-9-15-31(29)36)33(41)23-40(27-18-16-26(37)17-19-27)45(43,44)28-12-7-4-8-13-28/h3-19,24,32H,20-23H2,1-2H3,(H,38,42)/t32-/m0/s1. The minimum absolute atomic E-state index is 0.0348. The number of sulfonamides is 1. The van der Waals surface area contributed by atoms with Crippen LogP contribution >= 0.6 is 45.8 Å². The van der Waals surface area contributed by atoms with Gasteiger partial charge in [-0.1, -0.05) is 91.6 Å². The third kappa shape index (κ3) is 9.22. The molecule has 4 rings (SSSR count). The highest BCUT2D eigenvalue weighted by atomic mass is 127. The van der Waals surface area contributed by atoms with Gasteiger partial charge in [-0.05, 0) is 82.6 Å². The van der Waals surface area contributed by atoms with Gasteiger partial charge in [0.2, 0.25) is 11.8 Å².